The van der Waals surface area contributed by atoms with Crippen LogP contribution in [0.4, 0.5) is 10.5 Å². The number of carboxylic acid groups (broad SMARTS) is 1. The molecule has 1 aromatic carbocycles. The number of likely N-dealkylation sites (tertiary alicyclic amines) is 1. The lowest BCUT2D eigenvalue weighted by molar-refractivity contribution is 0.155. The van der Waals surface area contributed by atoms with Gasteiger partial charge in [0, 0.05) is 36.4 Å². The lowest BCUT2D eigenvalue weighted by atomic mass is 10.1. The van der Waals surface area contributed by atoms with Gasteiger partial charge in [-0.05, 0) is 30.7 Å². The van der Waals surface area contributed by atoms with Crippen molar-refractivity contribution in [2.45, 2.75) is 12.5 Å². The Kier molecular flexibility index (Phi) is 2.95. The van der Waals surface area contributed by atoms with Gasteiger partial charge in [0.1, 0.15) is 0 Å². The summed E-state index contributed by atoms with van der Waals surface area (Å²) >= 11 is 0. The number of aromatic nitrogens is 1. The van der Waals surface area contributed by atoms with Crippen LogP contribution >= 0.6 is 0 Å². The van der Waals surface area contributed by atoms with Crippen molar-refractivity contribution in [2.75, 3.05) is 18.4 Å². The smallest absolute Gasteiger partial charge is 0.407 e. The van der Waals surface area contributed by atoms with Crippen LogP contribution in [0, 0.1) is 0 Å². The minimum Gasteiger partial charge on any atom is -0.465 e. The van der Waals surface area contributed by atoms with Crippen LogP contribution in [-0.2, 0) is 0 Å². The van der Waals surface area contributed by atoms with Gasteiger partial charge in [-0.25, -0.2) is 4.79 Å². The van der Waals surface area contributed by atoms with Crippen LogP contribution in [0.1, 0.15) is 6.42 Å². The van der Waals surface area contributed by atoms with Gasteiger partial charge in [0.05, 0.1) is 5.52 Å². The van der Waals surface area contributed by atoms with Gasteiger partial charge in [-0.1, -0.05) is 6.07 Å². The summed E-state index contributed by atoms with van der Waals surface area (Å²) in [6.45, 7) is 1.13. The number of pyridine rings is 1. The average molecular weight is 257 g/mol. The second kappa shape index (κ2) is 4.76. The fraction of sp³-hybridized carbons (Fsp3) is 0.286. The van der Waals surface area contributed by atoms with Gasteiger partial charge in [0.15, 0.2) is 0 Å². The van der Waals surface area contributed by atoms with E-state index >= 15 is 0 Å². The zero-order chi connectivity index (χ0) is 13.2. The Morgan fingerprint density at radius 2 is 2.26 bits per heavy atom. The summed E-state index contributed by atoms with van der Waals surface area (Å²) in [7, 11) is 0. The maximum atomic E-state index is 10.9. The summed E-state index contributed by atoms with van der Waals surface area (Å²) in [5.74, 6) is 0. The van der Waals surface area contributed by atoms with Gasteiger partial charge in [-0.3, -0.25) is 4.98 Å². The number of nitrogens with zero attached hydrogens (tertiary/aromatic N) is 2. The maximum Gasteiger partial charge on any atom is 0.407 e. The molecule has 1 aliphatic rings. The molecule has 5 heteroatoms. The number of nitrogens with one attached hydrogen (secondary N) is 1. The van der Waals surface area contributed by atoms with E-state index in [2.05, 4.69) is 10.3 Å². The number of benzene rings is 1. The topological polar surface area (TPSA) is 65.5 Å². The van der Waals surface area contributed by atoms with Crippen LogP contribution in [0.15, 0.2) is 36.5 Å². The molecule has 98 valence electrons. The fourth-order valence-electron chi connectivity index (χ4n) is 2.50. The van der Waals surface area contributed by atoms with E-state index in [4.69, 9.17) is 5.11 Å². The first-order valence-corrected chi connectivity index (χ1v) is 6.32. The van der Waals surface area contributed by atoms with E-state index in [0.29, 0.717) is 13.1 Å². The highest BCUT2D eigenvalue weighted by Gasteiger charge is 2.25. The molecule has 1 saturated heterocycles. The number of fused-ring (bicyclic) bond motifs is 1. The molecule has 1 amide bonds. The van der Waals surface area contributed by atoms with Crippen molar-refractivity contribution < 1.29 is 9.90 Å². The molecular weight excluding hydrogens is 242 g/mol. The molecule has 0 spiro atoms. The van der Waals surface area contributed by atoms with E-state index in [1.165, 1.54) is 4.90 Å². The van der Waals surface area contributed by atoms with Crippen molar-refractivity contribution in [1.29, 1.82) is 0 Å². The first-order valence-electron chi connectivity index (χ1n) is 6.32. The van der Waals surface area contributed by atoms with Crippen molar-refractivity contribution in [2.24, 2.45) is 0 Å². The molecule has 1 aliphatic heterocycles. The molecule has 1 aromatic heterocycles. The third-order valence-corrected chi connectivity index (χ3v) is 3.46. The Labute approximate surface area is 110 Å². The number of amides is 1. The SMILES string of the molecule is O=C(O)N1CCC(Nc2cccc3ncccc23)C1. The summed E-state index contributed by atoms with van der Waals surface area (Å²) in [6, 6.07) is 10.0. The molecule has 0 aliphatic carbocycles. The fourth-order valence-corrected chi connectivity index (χ4v) is 2.50. The van der Waals surface area contributed by atoms with E-state index < -0.39 is 6.09 Å². The monoisotopic (exact) mass is 257 g/mol. The third-order valence-electron chi connectivity index (χ3n) is 3.46. The molecule has 1 fully saturated rings. The zero-order valence-electron chi connectivity index (χ0n) is 10.4. The third kappa shape index (κ3) is 2.31. The second-order valence-electron chi connectivity index (χ2n) is 4.73. The van der Waals surface area contributed by atoms with Crippen molar-refractivity contribution in [3.63, 3.8) is 0 Å². The highest BCUT2D eigenvalue weighted by atomic mass is 16.4. The number of carbonyl (C=O) groups is 1. The van der Waals surface area contributed by atoms with Crippen molar-refractivity contribution >= 4 is 22.7 Å². The molecule has 2 aromatic rings. The predicted molar refractivity (Wildman–Crippen MR) is 73.4 cm³/mol. The molecule has 3 rings (SSSR count). The normalized spacial score (nSPS) is 18.7. The second-order valence-corrected chi connectivity index (χ2v) is 4.73. The Morgan fingerprint density at radius 1 is 1.37 bits per heavy atom. The summed E-state index contributed by atoms with van der Waals surface area (Å²) in [5.41, 5.74) is 1.96. The average Bonchev–Trinajstić information content (AvgIpc) is 2.88. The Balaban J connectivity index is 1.81. The molecule has 2 N–H and O–H groups in total. The quantitative estimate of drug-likeness (QED) is 0.867. The zero-order valence-corrected chi connectivity index (χ0v) is 10.4. The van der Waals surface area contributed by atoms with Gasteiger partial charge in [-0.15, -0.1) is 0 Å². The molecule has 1 atom stereocenters. The minimum absolute atomic E-state index is 0.168. The van der Waals surface area contributed by atoms with Gasteiger partial charge in [0.25, 0.3) is 0 Å². The van der Waals surface area contributed by atoms with Crippen LogP contribution in [0.25, 0.3) is 10.9 Å². The molecule has 1 unspecified atom stereocenters. The lowest BCUT2D eigenvalue weighted by Gasteiger charge is -2.16. The summed E-state index contributed by atoms with van der Waals surface area (Å²) < 4.78 is 0. The van der Waals surface area contributed by atoms with Crippen LogP contribution < -0.4 is 5.32 Å². The van der Waals surface area contributed by atoms with Crippen molar-refractivity contribution in [3.05, 3.63) is 36.5 Å². The van der Waals surface area contributed by atoms with E-state index in [1.807, 2.05) is 30.3 Å². The molecule has 0 saturated carbocycles. The Hall–Kier alpha value is -2.30. The first-order chi connectivity index (χ1) is 9.24. The lowest BCUT2D eigenvalue weighted by Crippen LogP contribution is -2.30. The number of hydrogen-bond donors (Lipinski definition) is 2. The standard InChI is InChI=1S/C14H15N3O2/c18-14(19)17-8-6-10(9-17)16-13-5-1-4-12-11(13)3-2-7-15-12/h1-5,7,10,16H,6,8-9H2,(H,18,19). The van der Waals surface area contributed by atoms with Crippen molar-refractivity contribution in [1.82, 2.24) is 9.88 Å². The highest BCUT2D eigenvalue weighted by Crippen LogP contribution is 2.24. The summed E-state index contributed by atoms with van der Waals surface area (Å²) in [5, 5.41) is 13.4. The number of hydrogen-bond acceptors (Lipinski definition) is 3. The number of rotatable bonds is 2. The van der Waals surface area contributed by atoms with Crippen LogP contribution in [0.5, 0.6) is 0 Å². The largest absolute Gasteiger partial charge is 0.465 e. The van der Waals surface area contributed by atoms with Gasteiger partial charge >= 0.3 is 6.09 Å². The molecule has 0 bridgehead atoms. The minimum atomic E-state index is -0.844. The van der Waals surface area contributed by atoms with Crippen LogP contribution in [0.3, 0.4) is 0 Å². The molecule has 19 heavy (non-hydrogen) atoms. The highest BCUT2D eigenvalue weighted by molar-refractivity contribution is 5.91. The predicted octanol–water partition coefficient (Wildman–Crippen LogP) is 2.40. The molecule has 0 radical (unpaired) electrons. The van der Waals surface area contributed by atoms with Gasteiger partial charge in [0.2, 0.25) is 0 Å². The van der Waals surface area contributed by atoms with Crippen molar-refractivity contribution in [3.8, 4) is 0 Å². The Morgan fingerprint density at radius 3 is 3.05 bits per heavy atom. The van der Waals surface area contributed by atoms with Gasteiger partial charge in [-0.2, -0.15) is 0 Å². The van der Waals surface area contributed by atoms with Crippen LogP contribution in [0.2, 0.25) is 0 Å². The maximum absolute atomic E-state index is 10.9. The summed E-state index contributed by atoms with van der Waals surface area (Å²) in [6.07, 6.45) is 1.76. The Bertz CT molecular complexity index is 609. The van der Waals surface area contributed by atoms with E-state index in [9.17, 15) is 4.79 Å². The molecule has 5 nitrogen and oxygen atoms in total. The van der Waals surface area contributed by atoms with Gasteiger partial charge < -0.3 is 15.3 Å². The van der Waals surface area contributed by atoms with E-state index in [-0.39, 0.29) is 6.04 Å². The summed E-state index contributed by atoms with van der Waals surface area (Å²) in [4.78, 5) is 16.7. The number of anilines is 1. The van der Waals surface area contributed by atoms with E-state index in [1.54, 1.807) is 6.20 Å². The molecular formula is C14H15N3O2. The molecule has 2 heterocycles. The van der Waals surface area contributed by atoms with Crippen LogP contribution in [-0.4, -0.2) is 40.2 Å². The first kappa shape index (κ1) is 11.8. The van der Waals surface area contributed by atoms with E-state index in [0.717, 1.165) is 23.0 Å².